The van der Waals surface area contributed by atoms with Crippen LogP contribution in [0.1, 0.15) is 45.1 Å². The highest BCUT2D eigenvalue weighted by molar-refractivity contribution is 8.01. The minimum absolute atomic E-state index is 0.177. The summed E-state index contributed by atoms with van der Waals surface area (Å²) in [5, 5.41) is 13.0. The first-order chi connectivity index (χ1) is 14.3. The van der Waals surface area contributed by atoms with Crippen molar-refractivity contribution in [2.75, 3.05) is 17.2 Å². The van der Waals surface area contributed by atoms with Gasteiger partial charge in [0.05, 0.1) is 21.5 Å². The number of aliphatic carboxylic acids is 1. The van der Waals surface area contributed by atoms with E-state index in [1.54, 1.807) is 24.9 Å². The van der Waals surface area contributed by atoms with Crippen molar-refractivity contribution in [3.8, 4) is 0 Å². The molecule has 1 aliphatic rings. The number of anilines is 2. The summed E-state index contributed by atoms with van der Waals surface area (Å²) >= 11 is 2.86. The lowest BCUT2D eigenvalue weighted by Gasteiger charge is -2.22. The second kappa shape index (κ2) is 9.83. The zero-order chi connectivity index (χ0) is 21.7. The Balaban J connectivity index is 1.77. The van der Waals surface area contributed by atoms with E-state index in [1.165, 1.54) is 48.8 Å². The van der Waals surface area contributed by atoms with Crippen LogP contribution in [0.3, 0.4) is 0 Å². The van der Waals surface area contributed by atoms with Crippen LogP contribution in [0.15, 0.2) is 34.7 Å². The number of hydrogen-bond donors (Lipinski definition) is 2. The van der Waals surface area contributed by atoms with Crippen molar-refractivity contribution >= 4 is 45.9 Å². The molecular weight excluding hydrogens is 418 g/mol. The molecule has 0 unspecified atom stereocenters. The second-order valence-electron chi connectivity index (χ2n) is 8.45. The van der Waals surface area contributed by atoms with E-state index in [2.05, 4.69) is 10.3 Å². The lowest BCUT2D eigenvalue weighted by molar-refractivity contribution is -0.145. The molecular formula is C22H29N3O3S2. The van der Waals surface area contributed by atoms with E-state index >= 15 is 0 Å². The number of carbonyl (C=O) groups is 2. The zero-order valence-corrected chi connectivity index (χ0v) is 19.3. The van der Waals surface area contributed by atoms with Crippen LogP contribution in [0.4, 0.5) is 15.6 Å². The Kier molecular flexibility index (Phi) is 7.41. The summed E-state index contributed by atoms with van der Waals surface area (Å²) in [5.41, 5.74) is 1.01. The molecule has 162 valence electrons. The maximum absolute atomic E-state index is 13.1. The van der Waals surface area contributed by atoms with Gasteiger partial charge in [-0.05, 0) is 57.2 Å². The fraction of sp³-hybridized carbons (Fsp3) is 0.500. The number of hydrogen-bond acceptors (Lipinski definition) is 5. The predicted molar refractivity (Wildman–Crippen MR) is 123 cm³/mol. The molecule has 2 N–H and O–H groups in total. The van der Waals surface area contributed by atoms with E-state index in [0.29, 0.717) is 23.3 Å². The summed E-state index contributed by atoms with van der Waals surface area (Å²) in [4.78, 5) is 30.6. The van der Waals surface area contributed by atoms with Crippen LogP contribution in [0.2, 0.25) is 0 Å². The van der Waals surface area contributed by atoms with Gasteiger partial charge in [0, 0.05) is 12.3 Å². The van der Waals surface area contributed by atoms with Crippen LogP contribution < -0.4 is 10.2 Å². The number of carboxylic acid groups (broad SMARTS) is 1. The van der Waals surface area contributed by atoms with E-state index in [1.807, 2.05) is 31.2 Å². The van der Waals surface area contributed by atoms with Gasteiger partial charge in [0.1, 0.15) is 0 Å². The van der Waals surface area contributed by atoms with E-state index in [0.717, 1.165) is 15.5 Å². The Labute approximate surface area is 186 Å². The molecule has 6 nitrogen and oxygen atoms in total. The van der Waals surface area contributed by atoms with Gasteiger partial charge in [-0.3, -0.25) is 4.79 Å². The number of rotatable bonds is 8. The molecule has 1 aromatic carbocycles. The first-order valence-electron chi connectivity index (χ1n) is 10.2. The van der Waals surface area contributed by atoms with Crippen molar-refractivity contribution < 1.29 is 14.7 Å². The smallest absolute Gasteiger partial charge is 0.328 e. The summed E-state index contributed by atoms with van der Waals surface area (Å²) in [6.07, 6.45) is 6.53. The SMILES string of the molecule is Cc1cccc(N(C(=O)NCC2CCCC2)c2ncc(SCC(C)(C)C(=O)O)s2)c1. The second-order valence-corrected chi connectivity index (χ2v) is 10.7. The number of nitrogens with zero attached hydrogens (tertiary/aromatic N) is 2. The summed E-state index contributed by atoms with van der Waals surface area (Å²) in [6, 6.07) is 7.63. The maximum Gasteiger partial charge on any atom is 0.328 e. The van der Waals surface area contributed by atoms with Crippen molar-refractivity contribution in [3.05, 3.63) is 36.0 Å². The molecule has 30 heavy (non-hydrogen) atoms. The van der Waals surface area contributed by atoms with Gasteiger partial charge in [0.25, 0.3) is 0 Å². The predicted octanol–water partition coefficient (Wildman–Crippen LogP) is 5.69. The highest BCUT2D eigenvalue weighted by Gasteiger charge is 2.28. The van der Waals surface area contributed by atoms with Crippen molar-refractivity contribution in [1.29, 1.82) is 0 Å². The van der Waals surface area contributed by atoms with Crippen LogP contribution >= 0.6 is 23.1 Å². The van der Waals surface area contributed by atoms with E-state index < -0.39 is 11.4 Å². The molecule has 0 bridgehead atoms. The number of benzene rings is 1. The first-order valence-corrected chi connectivity index (χ1v) is 12.0. The molecule has 1 aliphatic carbocycles. The minimum atomic E-state index is -0.830. The topological polar surface area (TPSA) is 82.5 Å². The van der Waals surface area contributed by atoms with Crippen molar-refractivity contribution in [3.63, 3.8) is 0 Å². The van der Waals surface area contributed by atoms with Crippen LogP contribution in [0, 0.1) is 18.3 Å². The normalized spacial score (nSPS) is 14.6. The number of nitrogens with one attached hydrogen (secondary N) is 1. The third-order valence-corrected chi connectivity index (χ3v) is 7.93. The first kappa shape index (κ1) is 22.6. The van der Waals surface area contributed by atoms with Gasteiger partial charge in [-0.15, -0.1) is 11.8 Å². The summed E-state index contributed by atoms with van der Waals surface area (Å²) in [7, 11) is 0. The average molecular weight is 448 g/mol. The number of urea groups is 1. The largest absolute Gasteiger partial charge is 0.481 e. The van der Waals surface area contributed by atoms with E-state index in [9.17, 15) is 14.7 Å². The highest BCUT2D eigenvalue weighted by atomic mass is 32.2. The van der Waals surface area contributed by atoms with Crippen LogP contribution in [-0.4, -0.2) is 34.4 Å². The lowest BCUT2D eigenvalue weighted by Crippen LogP contribution is -2.39. The van der Waals surface area contributed by atoms with Gasteiger partial charge in [0.2, 0.25) is 0 Å². The third-order valence-electron chi connectivity index (χ3n) is 5.30. The fourth-order valence-electron chi connectivity index (χ4n) is 3.34. The van der Waals surface area contributed by atoms with Crippen LogP contribution in [0.25, 0.3) is 0 Å². The fourth-order valence-corrected chi connectivity index (χ4v) is 5.40. The summed E-state index contributed by atoms with van der Waals surface area (Å²) in [6.45, 7) is 6.09. The number of carbonyl (C=O) groups excluding carboxylic acids is 1. The molecule has 2 aromatic rings. The van der Waals surface area contributed by atoms with Gasteiger partial charge in [-0.1, -0.05) is 36.3 Å². The Morgan fingerprint density at radius 1 is 1.33 bits per heavy atom. The Morgan fingerprint density at radius 2 is 2.07 bits per heavy atom. The molecule has 0 spiro atoms. The Bertz CT molecular complexity index is 891. The Morgan fingerprint density at radius 3 is 2.73 bits per heavy atom. The Hall–Kier alpha value is -2.06. The minimum Gasteiger partial charge on any atom is -0.481 e. The summed E-state index contributed by atoms with van der Waals surface area (Å²) in [5.74, 6) is 0.156. The molecule has 0 aliphatic heterocycles. The quantitative estimate of drug-likeness (QED) is 0.508. The molecule has 0 atom stereocenters. The molecule has 1 heterocycles. The average Bonchev–Trinajstić information content (AvgIpc) is 3.37. The number of carboxylic acids is 1. The molecule has 1 aromatic heterocycles. The molecule has 0 radical (unpaired) electrons. The zero-order valence-electron chi connectivity index (χ0n) is 17.7. The number of thioether (sulfide) groups is 1. The lowest BCUT2D eigenvalue weighted by atomic mass is 9.97. The van der Waals surface area contributed by atoms with Gasteiger partial charge >= 0.3 is 12.0 Å². The third kappa shape index (κ3) is 5.76. The van der Waals surface area contributed by atoms with Gasteiger partial charge in [-0.25, -0.2) is 14.7 Å². The number of amides is 2. The monoisotopic (exact) mass is 447 g/mol. The number of thiazole rings is 1. The standard InChI is InChI=1S/C22H29N3O3S2/c1-15-7-6-10-17(11-15)25(20(28)23-12-16-8-4-5-9-16)21-24-13-18(30-21)29-14-22(2,3)19(26)27/h6-7,10-11,13,16H,4-5,8-9,12,14H2,1-3H3,(H,23,28)(H,26,27). The van der Waals surface area contributed by atoms with Crippen molar-refractivity contribution in [2.45, 2.75) is 50.7 Å². The molecule has 2 amide bonds. The van der Waals surface area contributed by atoms with Gasteiger partial charge in [-0.2, -0.15) is 0 Å². The van der Waals surface area contributed by atoms with Crippen LogP contribution in [0.5, 0.6) is 0 Å². The van der Waals surface area contributed by atoms with Crippen LogP contribution in [-0.2, 0) is 4.79 Å². The molecule has 8 heteroatoms. The number of aryl methyl sites for hydroxylation is 1. The molecule has 3 rings (SSSR count). The van der Waals surface area contributed by atoms with E-state index in [-0.39, 0.29) is 6.03 Å². The summed E-state index contributed by atoms with van der Waals surface area (Å²) < 4.78 is 0.889. The van der Waals surface area contributed by atoms with Crippen molar-refractivity contribution in [1.82, 2.24) is 10.3 Å². The van der Waals surface area contributed by atoms with Gasteiger partial charge in [0.15, 0.2) is 5.13 Å². The number of aromatic nitrogens is 1. The van der Waals surface area contributed by atoms with Gasteiger partial charge < -0.3 is 10.4 Å². The van der Waals surface area contributed by atoms with E-state index in [4.69, 9.17) is 0 Å². The molecule has 1 fully saturated rings. The maximum atomic E-state index is 13.1. The highest BCUT2D eigenvalue weighted by Crippen LogP contribution is 2.37. The molecule has 0 saturated heterocycles. The van der Waals surface area contributed by atoms with Crippen molar-refractivity contribution in [2.24, 2.45) is 11.3 Å². The molecule has 1 saturated carbocycles.